The van der Waals surface area contributed by atoms with Crippen molar-refractivity contribution >= 4 is 11.6 Å². The first-order valence-corrected chi connectivity index (χ1v) is 9.02. The number of hydrogen-bond donors (Lipinski definition) is 0. The summed E-state index contributed by atoms with van der Waals surface area (Å²) in [7, 11) is 5.94. The zero-order valence-electron chi connectivity index (χ0n) is 15.7. The molecule has 26 heavy (non-hydrogen) atoms. The number of benzene rings is 2. The van der Waals surface area contributed by atoms with Crippen LogP contribution in [0.2, 0.25) is 0 Å². The Balaban J connectivity index is 1.97. The van der Waals surface area contributed by atoms with Gasteiger partial charge in [-0.25, -0.2) is 4.39 Å². The summed E-state index contributed by atoms with van der Waals surface area (Å²) < 4.78 is 18.6. The molecule has 0 saturated heterocycles. The van der Waals surface area contributed by atoms with Crippen LogP contribution in [0.1, 0.15) is 24.0 Å². The second-order valence-corrected chi connectivity index (χ2v) is 7.10. The van der Waals surface area contributed by atoms with Gasteiger partial charge >= 0.3 is 0 Å². The van der Waals surface area contributed by atoms with Gasteiger partial charge in [-0.3, -0.25) is 0 Å². The van der Waals surface area contributed by atoms with Crippen molar-refractivity contribution in [2.45, 2.75) is 12.8 Å². The summed E-state index contributed by atoms with van der Waals surface area (Å²) >= 11 is 0. The van der Waals surface area contributed by atoms with E-state index in [-0.39, 0.29) is 5.82 Å². The Morgan fingerprint density at radius 1 is 1.15 bits per heavy atom. The third kappa shape index (κ3) is 4.61. The average Bonchev–Trinajstić information content (AvgIpc) is 2.64. The Bertz CT molecular complexity index is 805. The number of methoxy groups -OCH3 is 1. The van der Waals surface area contributed by atoms with Crippen molar-refractivity contribution in [3.63, 3.8) is 0 Å². The Labute approximate surface area is 155 Å². The van der Waals surface area contributed by atoms with Crippen LogP contribution in [0.5, 0.6) is 5.75 Å². The van der Waals surface area contributed by atoms with E-state index in [4.69, 9.17) is 4.74 Å². The lowest BCUT2D eigenvalue weighted by Gasteiger charge is -2.25. The summed E-state index contributed by atoms with van der Waals surface area (Å²) in [5, 5.41) is 0. The summed E-state index contributed by atoms with van der Waals surface area (Å²) in [5.41, 5.74) is 4.87. The van der Waals surface area contributed by atoms with Crippen LogP contribution in [0.15, 0.2) is 60.2 Å². The fraction of sp³-hybridized carbons (Fsp3) is 0.304. The molecular formula is C23H26FNO+. The number of allylic oxidation sites excluding steroid dienone is 2. The maximum Gasteiger partial charge on any atom is 0.129 e. The van der Waals surface area contributed by atoms with Crippen LogP contribution in [-0.2, 0) is 0 Å². The van der Waals surface area contributed by atoms with Crippen molar-refractivity contribution in [1.82, 2.24) is 4.90 Å². The molecule has 1 unspecified atom stereocenters. The van der Waals surface area contributed by atoms with E-state index in [1.54, 1.807) is 7.11 Å². The summed E-state index contributed by atoms with van der Waals surface area (Å²) in [5.74, 6) is 1.17. The van der Waals surface area contributed by atoms with Crippen molar-refractivity contribution in [2.24, 2.45) is 5.92 Å². The normalized spacial score (nSPS) is 18.9. The zero-order valence-corrected chi connectivity index (χ0v) is 15.7. The van der Waals surface area contributed by atoms with E-state index in [0.717, 1.165) is 30.7 Å². The number of hydrogen-bond acceptors (Lipinski definition) is 2. The van der Waals surface area contributed by atoms with E-state index in [0.29, 0.717) is 5.92 Å². The zero-order chi connectivity index (χ0) is 18.5. The molecule has 1 radical (unpaired) electrons. The SMILES string of the molecule is COc1cccc(C2=C/C(=C/c3ccc(F)cc3)CCC2C[N+](C)C)c1. The molecule has 1 atom stereocenters. The lowest BCUT2D eigenvalue weighted by molar-refractivity contribution is 0.414. The topological polar surface area (TPSA) is 15.1 Å². The fourth-order valence-corrected chi connectivity index (χ4v) is 3.53. The van der Waals surface area contributed by atoms with Gasteiger partial charge in [-0.2, -0.15) is 4.90 Å². The molecule has 0 fully saturated rings. The first-order chi connectivity index (χ1) is 12.5. The van der Waals surface area contributed by atoms with Crippen LogP contribution in [-0.4, -0.2) is 27.7 Å². The molecule has 135 valence electrons. The van der Waals surface area contributed by atoms with Crippen LogP contribution in [0.4, 0.5) is 4.39 Å². The Morgan fingerprint density at radius 3 is 2.62 bits per heavy atom. The van der Waals surface area contributed by atoms with Crippen LogP contribution in [0.3, 0.4) is 0 Å². The molecule has 0 N–H and O–H groups in total. The van der Waals surface area contributed by atoms with Crippen LogP contribution in [0.25, 0.3) is 11.6 Å². The minimum absolute atomic E-state index is 0.200. The minimum atomic E-state index is -0.200. The smallest absolute Gasteiger partial charge is 0.129 e. The number of ether oxygens (including phenoxy) is 1. The van der Waals surface area contributed by atoms with Gasteiger partial charge in [0.05, 0.1) is 7.11 Å². The summed E-state index contributed by atoms with van der Waals surface area (Å²) in [6.07, 6.45) is 6.60. The molecule has 3 heteroatoms. The van der Waals surface area contributed by atoms with Crippen LogP contribution >= 0.6 is 0 Å². The van der Waals surface area contributed by atoms with E-state index >= 15 is 0 Å². The molecule has 0 aliphatic heterocycles. The van der Waals surface area contributed by atoms with E-state index in [9.17, 15) is 4.39 Å². The molecule has 0 saturated carbocycles. The number of nitrogens with zero attached hydrogens (tertiary/aromatic N) is 1. The highest BCUT2D eigenvalue weighted by Crippen LogP contribution is 2.36. The van der Waals surface area contributed by atoms with Gasteiger partial charge in [-0.05, 0) is 59.4 Å². The summed E-state index contributed by atoms with van der Waals surface area (Å²) in [4.78, 5) is 2.24. The largest absolute Gasteiger partial charge is 0.497 e. The first-order valence-electron chi connectivity index (χ1n) is 9.02. The highest BCUT2D eigenvalue weighted by molar-refractivity contribution is 5.74. The van der Waals surface area contributed by atoms with Gasteiger partial charge < -0.3 is 4.74 Å². The summed E-state index contributed by atoms with van der Waals surface area (Å²) in [6.45, 7) is 1.02. The molecule has 1 aliphatic carbocycles. The van der Waals surface area contributed by atoms with E-state index in [1.807, 2.05) is 24.3 Å². The second-order valence-electron chi connectivity index (χ2n) is 7.10. The van der Waals surface area contributed by atoms with Gasteiger partial charge in [0.15, 0.2) is 0 Å². The van der Waals surface area contributed by atoms with Gasteiger partial charge in [0.25, 0.3) is 0 Å². The van der Waals surface area contributed by atoms with Crippen molar-refractivity contribution in [1.29, 1.82) is 0 Å². The predicted octanol–water partition coefficient (Wildman–Crippen LogP) is 5.11. The molecule has 2 aromatic carbocycles. The van der Waals surface area contributed by atoms with E-state index in [1.165, 1.54) is 28.8 Å². The Morgan fingerprint density at radius 2 is 1.92 bits per heavy atom. The van der Waals surface area contributed by atoms with Crippen molar-refractivity contribution in [3.8, 4) is 5.75 Å². The fourth-order valence-electron chi connectivity index (χ4n) is 3.53. The molecular weight excluding hydrogens is 325 g/mol. The van der Waals surface area contributed by atoms with Gasteiger partial charge in [-0.1, -0.05) is 36.4 Å². The molecule has 2 nitrogen and oxygen atoms in total. The van der Waals surface area contributed by atoms with Crippen molar-refractivity contribution < 1.29 is 9.13 Å². The van der Waals surface area contributed by atoms with E-state index in [2.05, 4.69) is 43.3 Å². The molecule has 0 heterocycles. The van der Waals surface area contributed by atoms with Crippen molar-refractivity contribution in [3.05, 3.63) is 77.1 Å². The maximum atomic E-state index is 13.1. The molecule has 0 spiro atoms. The Hall–Kier alpha value is -2.39. The highest BCUT2D eigenvalue weighted by Gasteiger charge is 2.25. The predicted molar refractivity (Wildman–Crippen MR) is 107 cm³/mol. The second kappa shape index (κ2) is 8.33. The van der Waals surface area contributed by atoms with Gasteiger partial charge in [0, 0.05) is 5.92 Å². The monoisotopic (exact) mass is 351 g/mol. The lowest BCUT2D eigenvalue weighted by atomic mass is 9.81. The summed E-state index contributed by atoms with van der Waals surface area (Å²) in [6, 6.07) is 14.9. The molecule has 2 aromatic rings. The van der Waals surface area contributed by atoms with E-state index < -0.39 is 0 Å². The minimum Gasteiger partial charge on any atom is -0.497 e. The van der Waals surface area contributed by atoms with Gasteiger partial charge in [0.1, 0.15) is 32.2 Å². The van der Waals surface area contributed by atoms with Gasteiger partial charge in [0.2, 0.25) is 0 Å². The third-order valence-corrected chi connectivity index (χ3v) is 4.77. The molecule has 0 aromatic heterocycles. The molecule has 3 rings (SSSR count). The highest BCUT2D eigenvalue weighted by atomic mass is 19.1. The number of halogens is 1. The van der Waals surface area contributed by atoms with Crippen LogP contribution < -0.4 is 9.64 Å². The first kappa shape index (κ1) is 18.4. The van der Waals surface area contributed by atoms with Crippen molar-refractivity contribution in [2.75, 3.05) is 27.7 Å². The third-order valence-electron chi connectivity index (χ3n) is 4.77. The standard InChI is InChI=1S/C23H26FNO/c1-25(2)16-20-10-7-18(13-17-8-11-21(24)12-9-17)14-23(20)19-5-4-6-22(15-19)26-3/h4-6,8-9,11-15,20H,7,10,16H2,1-3H3/q+1/b18-13+. The maximum absolute atomic E-state index is 13.1. The lowest BCUT2D eigenvalue weighted by Crippen LogP contribution is -2.28. The quantitative estimate of drug-likeness (QED) is 0.683. The Kier molecular flexibility index (Phi) is 5.89. The molecule has 1 aliphatic rings. The van der Waals surface area contributed by atoms with Gasteiger partial charge in [-0.15, -0.1) is 0 Å². The van der Waals surface area contributed by atoms with Crippen LogP contribution in [0, 0.1) is 11.7 Å². The molecule has 0 bridgehead atoms. The average molecular weight is 351 g/mol. The molecule has 0 amide bonds. The number of rotatable bonds is 5.